The van der Waals surface area contributed by atoms with Crippen LogP contribution in [0.2, 0.25) is 5.02 Å². The minimum atomic E-state index is -0.169. The third-order valence-electron chi connectivity index (χ3n) is 4.66. The van der Waals surface area contributed by atoms with Crippen LogP contribution in [0.5, 0.6) is 0 Å². The summed E-state index contributed by atoms with van der Waals surface area (Å²) in [5.74, 6) is 0.158. The Morgan fingerprint density at radius 2 is 1.92 bits per heavy atom. The molecule has 0 spiro atoms. The molecule has 0 saturated carbocycles. The lowest BCUT2D eigenvalue weighted by Crippen LogP contribution is -2.54. The molecular weight excluding hydrogens is 324 g/mol. The molecule has 1 aliphatic rings. The van der Waals surface area contributed by atoms with Crippen molar-refractivity contribution in [3.8, 4) is 0 Å². The van der Waals surface area contributed by atoms with Crippen LogP contribution < -0.4 is 0 Å². The monoisotopic (exact) mass is 346 g/mol. The maximum atomic E-state index is 12.7. The number of piperazine rings is 1. The second kappa shape index (κ2) is 6.95. The lowest BCUT2D eigenvalue weighted by molar-refractivity contribution is -0.142. The van der Waals surface area contributed by atoms with Crippen LogP contribution in [0.4, 0.5) is 0 Å². The van der Waals surface area contributed by atoms with Gasteiger partial charge in [-0.2, -0.15) is 5.10 Å². The third kappa shape index (κ3) is 3.47. The number of nitrogens with one attached hydrogen (secondary N) is 1. The smallest absolute Gasteiger partial charge is 0.239 e. The molecule has 0 unspecified atom stereocenters. The van der Waals surface area contributed by atoms with E-state index in [0.717, 1.165) is 24.5 Å². The molecule has 1 aromatic carbocycles. The Hall–Kier alpha value is -1.85. The van der Waals surface area contributed by atoms with Gasteiger partial charge < -0.3 is 4.90 Å². The van der Waals surface area contributed by atoms with Crippen LogP contribution in [0.3, 0.4) is 0 Å². The van der Waals surface area contributed by atoms with Gasteiger partial charge >= 0.3 is 0 Å². The van der Waals surface area contributed by atoms with E-state index in [0.29, 0.717) is 18.1 Å². The number of aryl methyl sites for hydroxylation is 2. The number of rotatable bonds is 4. The summed E-state index contributed by atoms with van der Waals surface area (Å²) in [4.78, 5) is 16.8. The van der Waals surface area contributed by atoms with Gasteiger partial charge in [-0.3, -0.25) is 14.8 Å². The summed E-state index contributed by atoms with van der Waals surface area (Å²) < 4.78 is 0. The Bertz CT molecular complexity index is 725. The van der Waals surface area contributed by atoms with E-state index in [4.69, 9.17) is 11.6 Å². The van der Waals surface area contributed by atoms with Gasteiger partial charge in [0.1, 0.15) is 0 Å². The number of benzene rings is 1. The highest BCUT2D eigenvalue weighted by molar-refractivity contribution is 6.31. The molecule has 2 aromatic rings. The standard InChI is InChI=1S/C18H23ClN4O/c1-12-4-6-15(7-5-12)10-23-9-8-22(14(3)18(23)24)11-16-17(19)13(2)20-21-16/h4-7,14H,8-11H2,1-3H3,(H,20,21)/t14-/m0/s1. The molecule has 1 amide bonds. The van der Waals surface area contributed by atoms with E-state index in [1.807, 2.05) is 18.7 Å². The van der Waals surface area contributed by atoms with Crippen molar-refractivity contribution >= 4 is 17.5 Å². The van der Waals surface area contributed by atoms with Crippen molar-refractivity contribution in [1.29, 1.82) is 0 Å². The predicted molar refractivity (Wildman–Crippen MR) is 94.8 cm³/mol. The minimum absolute atomic E-state index is 0.158. The Labute approximate surface area is 147 Å². The van der Waals surface area contributed by atoms with Gasteiger partial charge in [-0.15, -0.1) is 0 Å². The molecule has 0 radical (unpaired) electrons. The highest BCUT2D eigenvalue weighted by Gasteiger charge is 2.32. The first-order chi connectivity index (χ1) is 11.5. The SMILES string of the molecule is Cc1ccc(CN2CCN(Cc3n[nH]c(C)c3Cl)[C@@H](C)C2=O)cc1. The van der Waals surface area contributed by atoms with E-state index in [1.54, 1.807) is 0 Å². The van der Waals surface area contributed by atoms with Crippen LogP contribution in [0.25, 0.3) is 0 Å². The quantitative estimate of drug-likeness (QED) is 0.926. The number of nitrogens with zero attached hydrogens (tertiary/aromatic N) is 3. The molecule has 1 atom stereocenters. The van der Waals surface area contributed by atoms with Gasteiger partial charge in [0.15, 0.2) is 0 Å². The Morgan fingerprint density at radius 3 is 2.54 bits per heavy atom. The highest BCUT2D eigenvalue weighted by Crippen LogP contribution is 2.22. The maximum absolute atomic E-state index is 12.7. The highest BCUT2D eigenvalue weighted by atomic mass is 35.5. The molecule has 128 valence electrons. The number of hydrogen-bond donors (Lipinski definition) is 1. The molecule has 3 rings (SSSR count). The molecule has 0 aliphatic carbocycles. The van der Waals surface area contributed by atoms with Crippen LogP contribution in [0.1, 0.15) is 29.4 Å². The van der Waals surface area contributed by atoms with Gasteiger partial charge in [-0.05, 0) is 26.3 Å². The Morgan fingerprint density at radius 1 is 1.21 bits per heavy atom. The van der Waals surface area contributed by atoms with Crippen LogP contribution in [0, 0.1) is 13.8 Å². The van der Waals surface area contributed by atoms with Crippen molar-refractivity contribution in [1.82, 2.24) is 20.0 Å². The van der Waals surface area contributed by atoms with Crippen LogP contribution in [-0.2, 0) is 17.9 Å². The average molecular weight is 347 g/mol. The first kappa shape index (κ1) is 17.0. The molecule has 1 N–H and O–H groups in total. The third-order valence-corrected chi connectivity index (χ3v) is 5.16. The molecular formula is C18H23ClN4O. The van der Waals surface area contributed by atoms with Crippen molar-refractivity contribution in [3.05, 3.63) is 51.8 Å². The topological polar surface area (TPSA) is 52.2 Å². The van der Waals surface area contributed by atoms with Gasteiger partial charge in [-0.25, -0.2) is 0 Å². The number of aromatic nitrogens is 2. The zero-order chi connectivity index (χ0) is 17.3. The zero-order valence-corrected chi connectivity index (χ0v) is 15.1. The molecule has 2 heterocycles. The maximum Gasteiger partial charge on any atom is 0.239 e. The van der Waals surface area contributed by atoms with Crippen LogP contribution in [-0.4, -0.2) is 45.0 Å². The first-order valence-corrected chi connectivity index (χ1v) is 8.61. The number of aromatic amines is 1. The Balaban J connectivity index is 1.65. The van der Waals surface area contributed by atoms with Gasteiger partial charge in [0.25, 0.3) is 0 Å². The molecule has 1 aliphatic heterocycles. The largest absolute Gasteiger partial charge is 0.336 e. The zero-order valence-electron chi connectivity index (χ0n) is 14.3. The summed E-state index contributed by atoms with van der Waals surface area (Å²) in [6.45, 7) is 8.72. The van der Waals surface area contributed by atoms with E-state index in [9.17, 15) is 4.79 Å². The fourth-order valence-corrected chi connectivity index (χ4v) is 3.17. The van der Waals surface area contributed by atoms with Crippen molar-refractivity contribution < 1.29 is 4.79 Å². The number of halogens is 1. The van der Waals surface area contributed by atoms with E-state index in [2.05, 4.69) is 46.3 Å². The average Bonchev–Trinajstić information content (AvgIpc) is 2.88. The van der Waals surface area contributed by atoms with E-state index < -0.39 is 0 Å². The molecule has 0 bridgehead atoms. The summed E-state index contributed by atoms with van der Waals surface area (Å²) in [5.41, 5.74) is 4.07. The molecule has 5 nitrogen and oxygen atoms in total. The van der Waals surface area contributed by atoms with Gasteiger partial charge in [-0.1, -0.05) is 41.4 Å². The molecule has 1 aromatic heterocycles. The molecule has 6 heteroatoms. The lowest BCUT2D eigenvalue weighted by Gasteiger charge is -2.39. The predicted octanol–water partition coefficient (Wildman–Crippen LogP) is 2.91. The number of amides is 1. The molecule has 24 heavy (non-hydrogen) atoms. The summed E-state index contributed by atoms with van der Waals surface area (Å²) in [6, 6.07) is 8.18. The van der Waals surface area contributed by atoms with Gasteiger partial charge in [0.2, 0.25) is 5.91 Å². The van der Waals surface area contributed by atoms with E-state index in [-0.39, 0.29) is 11.9 Å². The number of hydrogen-bond acceptors (Lipinski definition) is 3. The number of carbonyl (C=O) groups is 1. The summed E-state index contributed by atoms with van der Waals surface area (Å²) in [5, 5.41) is 7.80. The van der Waals surface area contributed by atoms with Crippen molar-refractivity contribution in [3.63, 3.8) is 0 Å². The molecule has 1 saturated heterocycles. The first-order valence-electron chi connectivity index (χ1n) is 8.23. The van der Waals surface area contributed by atoms with Crippen molar-refractivity contribution in [2.24, 2.45) is 0 Å². The molecule has 1 fully saturated rings. The van der Waals surface area contributed by atoms with E-state index >= 15 is 0 Å². The summed E-state index contributed by atoms with van der Waals surface area (Å²) >= 11 is 6.25. The number of H-pyrrole nitrogens is 1. The fraction of sp³-hybridized carbons (Fsp3) is 0.444. The summed E-state index contributed by atoms with van der Waals surface area (Å²) in [7, 11) is 0. The minimum Gasteiger partial charge on any atom is -0.336 e. The van der Waals surface area contributed by atoms with Crippen molar-refractivity contribution in [2.45, 2.75) is 39.9 Å². The van der Waals surface area contributed by atoms with Gasteiger partial charge in [0, 0.05) is 26.2 Å². The second-order valence-electron chi connectivity index (χ2n) is 6.50. The Kier molecular flexibility index (Phi) is 4.92. The normalized spacial score (nSPS) is 19.1. The van der Waals surface area contributed by atoms with E-state index in [1.165, 1.54) is 11.1 Å². The van der Waals surface area contributed by atoms with Crippen LogP contribution in [0.15, 0.2) is 24.3 Å². The van der Waals surface area contributed by atoms with Crippen molar-refractivity contribution in [2.75, 3.05) is 13.1 Å². The fourth-order valence-electron chi connectivity index (χ4n) is 3.02. The summed E-state index contributed by atoms with van der Waals surface area (Å²) in [6.07, 6.45) is 0. The number of carbonyl (C=O) groups excluding carboxylic acids is 1. The lowest BCUT2D eigenvalue weighted by atomic mass is 10.1. The van der Waals surface area contributed by atoms with Gasteiger partial charge in [0.05, 0.1) is 22.5 Å². The second-order valence-corrected chi connectivity index (χ2v) is 6.88. The van der Waals surface area contributed by atoms with Crippen LogP contribution >= 0.6 is 11.6 Å².